The lowest BCUT2D eigenvalue weighted by Crippen LogP contribution is -2.49. The Morgan fingerprint density at radius 3 is 2.48 bits per heavy atom. The van der Waals surface area contributed by atoms with Crippen LogP contribution in [-0.4, -0.2) is 63.6 Å². The molecule has 0 aromatic carbocycles. The van der Waals surface area contributed by atoms with Crippen LogP contribution in [0.1, 0.15) is 46.0 Å². The Hall–Kier alpha value is -1.52. The molecule has 2 bridgehead atoms. The van der Waals surface area contributed by atoms with E-state index in [0.29, 0.717) is 0 Å². The number of aliphatic hydroxyl groups is 1. The molecule has 5 nitrogen and oxygen atoms in total. The number of likely N-dealkylation sites (tertiary alicyclic amines) is 1. The van der Waals surface area contributed by atoms with Crippen molar-refractivity contribution in [1.82, 2.24) is 9.80 Å². The van der Waals surface area contributed by atoms with Crippen LogP contribution in [0.25, 0.3) is 0 Å². The molecule has 0 aromatic rings. The molecule has 3 aliphatic heterocycles. The van der Waals surface area contributed by atoms with Gasteiger partial charge >= 0.3 is 0 Å². The number of carbonyl (C=O) groups is 1. The van der Waals surface area contributed by atoms with E-state index in [-0.39, 0.29) is 43.6 Å². The van der Waals surface area contributed by atoms with Gasteiger partial charge in [-0.2, -0.15) is 5.26 Å². The van der Waals surface area contributed by atoms with Crippen LogP contribution >= 0.6 is 0 Å². The molecule has 3 fully saturated rings. The molecule has 1 amide bonds. The highest BCUT2D eigenvalue weighted by Crippen LogP contribution is 2.46. The number of hydrogen-bond donors (Lipinski definition) is 1. The number of carbonyl (C=O) groups excluding carboxylic acids is 1. The van der Waals surface area contributed by atoms with Crippen LogP contribution in [-0.2, 0) is 4.79 Å². The zero-order chi connectivity index (χ0) is 18.5. The first-order chi connectivity index (χ1) is 11.6. The van der Waals surface area contributed by atoms with Crippen LogP contribution < -0.4 is 0 Å². The highest BCUT2D eigenvalue weighted by atomic mass is 19.3. The van der Waals surface area contributed by atoms with E-state index >= 15 is 0 Å². The molecule has 0 spiro atoms. The summed E-state index contributed by atoms with van der Waals surface area (Å²) in [4.78, 5) is 16.3. The highest BCUT2D eigenvalue weighted by Gasteiger charge is 2.54. The van der Waals surface area contributed by atoms with Gasteiger partial charge in [0, 0.05) is 24.5 Å². The number of halogens is 2. The van der Waals surface area contributed by atoms with E-state index in [0.717, 1.165) is 25.7 Å². The molecule has 25 heavy (non-hydrogen) atoms. The van der Waals surface area contributed by atoms with Crippen molar-refractivity contribution in [3.8, 4) is 6.07 Å². The first kappa shape index (κ1) is 18.3. The summed E-state index contributed by atoms with van der Waals surface area (Å²) in [6.07, 6.45) is 4.49. The monoisotopic (exact) mass is 353 g/mol. The number of fused-ring (bicyclic) bond motifs is 2. The van der Waals surface area contributed by atoms with Gasteiger partial charge in [-0.3, -0.25) is 9.69 Å². The van der Waals surface area contributed by atoms with Crippen molar-refractivity contribution in [2.45, 2.75) is 69.0 Å². The van der Waals surface area contributed by atoms with Crippen LogP contribution in [0.15, 0.2) is 11.6 Å². The number of alkyl halides is 2. The van der Waals surface area contributed by atoms with E-state index in [9.17, 15) is 23.9 Å². The molecule has 3 heterocycles. The molecule has 3 saturated heterocycles. The molecule has 0 unspecified atom stereocenters. The average Bonchev–Trinajstić information content (AvgIpc) is 3.23. The Labute approximate surface area is 146 Å². The second kappa shape index (κ2) is 6.03. The lowest BCUT2D eigenvalue weighted by Gasteiger charge is -2.35. The number of hydrogen-bond acceptors (Lipinski definition) is 4. The fourth-order valence-corrected chi connectivity index (χ4v) is 4.59. The summed E-state index contributed by atoms with van der Waals surface area (Å²) in [7, 11) is 0. The number of rotatable bonds is 4. The van der Waals surface area contributed by atoms with Crippen molar-refractivity contribution >= 4 is 5.91 Å². The average molecular weight is 353 g/mol. The molecule has 1 N–H and O–H groups in total. The minimum Gasteiger partial charge on any atom is -0.394 e. The van der Waals surface area contributed by atoms with Gasteiger partial charge in [0.1, 0.15) is 11.6 Å². The number of nitrogens with zero attached hydrogens (tertiary/aromatic N) is 3. The minimum atomic E-state index is -2.73. The molecule has 3 rings (SSSR count). The predicted molar refractivity (Wildman–Crippen MR) is 87.8 cm³/mol. The van der Waals surface area contributed by atoms with Crippen LogP contribution in [0, 0.1) is 11.3 Å². The fourth-order valence-electron chi connectivity index (χ4n) is 4.59. The van der Waals surface area contributed by atoms with Gasteiger partial charge in [-0.25, -0.2) is 8.78 Å². The van der Waals surface area contributed by atoms with Crippen molar-refractivity contribution in [3.63, 3.8) is 0 Å². The summed E-state index contributed by atoms with van der Waals surface area (Å²) in [6.45, 7) is 3.27. The van der Waals surface area contributed by atoms with Crippen LogP contribution in [0.3, 0.4) is 0 Å². The van der Waals surface area contributed by atoms with Crippen molar-refractivity contribution < 1.29 is 18.7 Å². The fraction of sp³-hybridized carbons (Fsp3) is 0.778. The second-order valence-electron chi connectivity index (χ2n) is 8.14. The molecule has 7 heteroatoms. The summed E-state index contributed by atoms with van der Waals surface area (Å²) in [5, 5.41) is 19.3. The topological polar surface area (TPSA) is 67.6 Å². The van der Waals surface area contributed by atoms with Gasteiger partial charge < -0.3 is 10.0 Å². The number of amides is 1. The van der Waals surface area contributed by atoms with E-state index in [4.69, 9.17) is 0 Å². The van der Waals surface area contributed by atoms with Gasteiger partial charge in [0.25, 0.3) is 11.8 Å². The van der Waals surface area contributed by atoms with Crippen LogP contribution in [0.2, 0.25) is 0 Å². The lowest BCUT2D eigenvalue weighted by atomic mass is 9.88. The Balaban J connectivity index is 1.84. The quantitative estimate of drug-likeness (QED) is 0.621. The smallest absolute Gasteiger partial charge is 0.265 e. The maximum Gasteiger partial charge on any atom is 0.265 e. The van der Waals surface area contributed by atoms with E-state index < -0.39 is 17.0 Å². The number of nitriles is 1. The third-order valence-electron chi connectivity index (χ3n) is 6.11. The van der Waals surface area contributed by atoms with Crippen LogP contribution in [0.4, 0.5) is 8.78 Å². The van der Waals surface area contributed by atoms with Crippen molar-refractivity contribution in [2.75, 3.05) is 19.7 Å². The standard InChI is InChI=1S/C18H25F2N3O2/c1-16(2,22-8-7-18(19,20)11-22)9-13(10-21)15(25)23-14-3-5-17(23,12-24)6-4-14/h9,14,24H,3-8,11-12H2,1-2H3/t14-,17+. The van der Waals surface area contributed by atoms with Crippen molar-refractivity contribution in [1.29, 1.82) is 5.26 Å². The largest absolute Gasteiger partial charge is 0.394 e. The molecule has 0 aromatic heterocycles. The number of aliphatic hydroxyl groups excluding tert-OH is 1. The first-order valence-electron chi connectivity index (χ1n) is 8.85. The van der Waals surface area contributed by atoms with E-state index in [1.807, 2.05) is 6.07 Å². The Morgan fingerprint density at radius 1 is 1.36 bits per heavy atom. The molecule has 0 radical (unpaired) electrons. The molecule has 0 saturated carbocycles. The van der Waals surface area contributed by atoms with Gasteiger partial charge in [0.2, 0.25) is 0 Å². The van der Waals surface area contributed by atoms with E-state index in [1.54, 1.807) is 23.6 Å². The first-order valence-corrected chi connectivity index (χ1v) is 8.85. The molecule has 0 aliphatic carbocycles. The molecular weight excluding hydrogens is 328 g/mol. The summed E-state index contributed by atoms with van der Waals surface area (Å²) in [6, 6.07) is 2.03. The third-order valence-corrected chi connectivity index (χ3v) is 6.11. The van der Waals surface area contributed by atoms with Crippen molar-refractivity contribution in [3.05, 3.63) is 11.6 Å². The Bertz CT molecular complexity index is 631. The van der Waals surface area contributed by atoms with E-state index in [2.05, 4.69) is 0 Å². The van der Waals surface area contributed by atoms with Gasteiger partial charge in [-0.1, -0.05) is 0 Å². The summed E-state index contributed by atoms with van der Waals surface area (Å²) in [5.74, 6) is -3.10. The van der Waals surface area contributed by atoms with Crippen molar-refractivity contribution in [2.24, 2.45) is 0 Å². The summed E-state index contributed by atoms with van der Waals surface area (Å²) in [5.41, 5.74) is -1.39. The zero-order valence-corrected chi connectivity index (χ0v) is 14.8. The molecule has 0 atom stereocenters. The second-order valence-corrected chi connectivity index (χ2v) is 8.14. The Kier molecular flexibility index (Phi) is 4.41. The zero-order valence-electron chi connectivity index (χ0n) is 14.8. The summed E-state index contributed by atoms with van der Waals surface area (Å²) < 4.78 is 27.1. The molecule has 3 aliphatic rings. The maximum absolute atomic E-state index is 13.5. The SMILES string of the molecule is CC(C)(C=C(C#N)C(=O)N1[C@H]2CC[C@]1(CO)CC2)N1CCC(F)(F)C1. The minimum absolute atomic E-state index is 0.0214. The van der Waals surface area contributed by atoms with Gasteiger partial charge in [-0.05, 0) is 45.6 Å². The van der Waals surface area contributed by atoms with Gasteiger partial charge in [-0.15, -0.1) is 0 Å². The normalized spacial score (nSPS) is 32.2. The third kappa shape index (κ3) is 3.06. The maximum atomic E-state index is 13.5. The summed E-state index contributed by atoms with van der Waals surface area (Å²) >= 11 is 0. The highest BCUT2D eigenvalue weighted by molar-refractivity contribution is 5.98. The molecule has 138 valence electrons. The Morgan fingerprint density at radius 2 is 2.00 bits per heavy atom. The van der Waals surface area contributed by atoms with Crippen LogP contribution in [0.5, 0.6) is 0 Å². The molecular formula is C18H25F2N3O2. The lowest BCUT2D eigenvalue weighted by molar-refractivity contribution is -0.132. The predicted octanol–water partition coefficient (Wildman–Crippen LogP) is 2.07. The van der Waals surface area contributed by atoms with Gasteiger partial charge in [0.05, 0.1) is 18.7 Å². The van der Waals surface area contributed by atoms with E-state index in [1.165, 1.54) is 6.08 Å². The van der Waals surface area contributed by atoms with Gasteiger partial charge in [0.15, 0.2) is 0 Å².